The Hall–Kier alpha value is -3.68. The van der Waals surface area contributed by atoms with E-state index in [9.17, 15) is 14.0 Å². The van der Waals surface area contributed by atoms with Crippen molar-refractivity contribution >= 4 is 11.6 Å². The molecule has 0 atom stereocenters. The summed E-state index contributed by atoms with van der Waals surface area (Å²) >= 11 is 0. The van der Waals surface area contributed by atoms with Crippen molar-refractivity contribution in [1.82, 2.24) is 9.55 Å². The maximum atomic E-state index is 13.3. The van der Waals surface area contributed by atoms with Gasteiger partial charge in [-0.1, -0.05) is 6.92 Å². The van der Waals surface area contributed by atoms with E-state index in [2.05, 4.69) is 10.3 Å². The summed E-state index contributed by atoms with van der Waals surface area (Å²) in [5.74, 6) is 0.490. The molecular formula is C22H22FN3O4. The van der Waals surface area contributed by atoms with Crippen LogP contribution in [0.15, 0.2) is 53.3 Å². The number of aromatic nitrogens is 2. The molecule has 30 heavy (non-hydrogen) atoms. The highest BCUT2D eigenvalue weighted by Crippen LogP contribution is 2.29. The molecule has 0 fully saturated rings. The Morgan fingerprint density at radius 1 is 1.07 bits per heavy atom. The quantitative estimate of drug-likeness (QED) is 0.645. The molecule has 1 N–H and O–H groups in total. The lowest BCUT2D eigenvalue weighted by molar-refractivity contribution is -0.116. The second-order valence-electron chi connectivity index (χ2n) is 6.47. The van der Waals surface area contributed by atoms with Crippen molar-refractivity contribution < 1.29 is 18.7 Å². The first kappa shape index (κ1) is 21.0. The Balaban J connectivity index is 1.91. The number of carbonyl (C=O) groups excluding carboxylic acids is 1. The second-order valence-corrected chi connectivity index (χ2v) is 6.47. The zero-order valence-corrected chi connectivity index (χ0v) is 16.9. The van der Waals surface area contributed by atoms with Crippen molar-refractivity contribution in [1.29, 1.82) is 0 Å². The molecule has 156 valence electrons. The van der Waals surface area contributed by atoms with Gasteiger partial charge in [-0.2, -0.15) is 0 Å². The standard InChI is InChI=1S/C22H22FN3O4/c1-4-16-12-21(28)26(22(25-16)14-5-7-15(23)8-6-14)13-20(27)24-17-9-10-18(29-2)19(11-17)30-3/h5-12H,4,13H2,1-3H3,(H,24,27). The molecule has 0 saturated heterocycles. The van der Waals surface area contributed by atoms with Crippen LogP contribution < -0.4 is 20.3 Å². The Morgan fingerprint density at radius 3 is 2.40 bits per heavy atom. The fourth-order valence-electron chi connectivity index (χ4n) is 2.96. The maximum Gasteiger partial charge on any atom is 0.254 e. The van der Waals surface area contributed by atoms with Gasteiger partial charge in [-0.25, -0.2) is 9.37 Å². The molecule has 0 aliphatic carbocycles. The number of anilines is 1. The van der Waals surface area contributed by atoms with E-state index in [1.54, 1.807) is 18.2 Å². The van der Waals surface area contributed by atoms with E-state index in [1.807, 2.05) is 6.92 Å². The number of hydrogen-bond acceptors (Lipinski definition) is 5. The average Bonchev–Trinajstić information content (AvgIpc) is 2.75. The molecule has 0 saturated carbocycles. The van der Waals surface area contributed by atoms with Crippen molar-refractivity contribution in [3.05, 3.63) is 70.4 Å². The number of amides is 1. The summed E-state index contributed by atoms with van der Waals surface area (Å²) in [6.07, 6.45) is 0.558. The maximum absolute atomic E-state index is 13.3. The predicted molar refractivity (Wildman–Crippen MR) is 111 cm³/mol. The van der Waals surface area contributed by atoms with Crippen LogP contribution in [-0.4, -0.2) is 29.7 Å². The van der Waals surface area contributed by atoms with Gasteiger partial charge >= 0.3 is 0 Å². The zero-order chi connectivity index (χ0) is 21.7. The van der Waals surface area contributed by atoms with Gasteiger partial charge in [-0.15, -0.1) is 0 Å². The summed E-state index contributed by atoms with van der Waals surface area (Å²) in [6.45, 7) is 1.63. The summed E-state index contributed by atoms with van der Waals surface area (Å²) < 4.78 is 25.0. The van der Waals surface area contributed by atoms with Crippen LogP contribution in [0.2, 0.25) is 0 Å². The van der Waals surface area contributed by atoms with Crippen molar-refractivity contribution in [3.63, 3.8) is 0 Å². The number of benzene rings is 2. The number of nitrogens with zero attached hydrogens (tertiary/aromatic N) is 2. The lowest BCUT2D eigenvalue weighted by atomic mass is 10.2. The van der Waals surface area contributed by atoms with Crippen molar-refractivity contribution in [2.45, 2.75) is 19.9 Å². The topological polar surface area (TPSA) is 82.5 Å². The summed E-state index contributed by atoms with van der Waals surface area (Å²) in [5, 5.41) is 2.74. The lowest BCUT2D eigenvalue weighted by Crippen LogP contribution is -2.30. The smallest absolute Gasteiger partial charge is 0.254 e. The van der Waals surface area contributed by atoms with E-state index >= 15 is 0 Å². The number of nitrogens with one attached hydrogen (secondary N) is 1. The Labute approximate surface area is 173 Å². The highest BCUT2D eigenvalue weighted by atomic mass is 19.1. The average molecular weight is 411 g/mol. The van der Waals surface area contributed by atoms with Crippen LogP contribution in [0.25, 0.3) is 11.4 Å². The zero-order valence-electron chi connectivity index (χ0n) is 16.9. The molecule has 0 unspecified atom stereocenters. The van der Waals surface area contributed by atoms with Crippen LogP contribution in [0.5, 0.6) is 11.5 Å². The van der Waals surface area contributed by atoms with E-state index in [4.69, 9.17) is 9.47 Å². The van der Waals surface area contributed by atoms with Gasteiger partial charge < -0.3 is 14.8 Å². The third-order valence-corrected chi connectivity index (χ3v) is 4.49. The lowest BCUT2D eigenvalue weighted by Gasteiger charge is -2.14. The molecule has 1 aromatic heterocycles. The SMILES string of the molecule is CCc1cc(=O)n(CC(=O)Nc2ccc(OC)c(OC)c2)c(-c2ccc(F)cc2)n1. The summed E-state index contributed by atoms with van der Waals surface area (Å²) in [5.41, 5.74) is 1.27. The molecule has 3 rings (SSSR count). The van der Waals surface area contributed by atoms with Gasteiger partial charge in [-0.3, -0.25) is 14.2 Å². The van der Waals surface area contributed by atoms with E-state index < -0.39 is 11.7 Å². The first-order valence-electron chi connectivity index (χ1n) is 9.33. The predicted octanol–water partition coefficient (Wildman–Crippen LogP) is 3.27. The van der Waals surface area contributed by atoms with Crippen LogP contribution >= 0.6 is 0 Å². The molecule has 0 aliphatic heterocycles. The molecule has 1 amide bonds. The van der Waals surface area contributed by atoms with Gasteiger partial charge in [0.1, 0.15) is 18.2 Å². The van der Waals surface area contributed by atoms with Gasteiger partial charge in [0.05, 0.1) is 14.2 Å². The first-order chi connectivity index (χ1) is 14.4. The molecule has 7 nitrogen and oxygen atoms in total. The minimum absolute atomic E-state index is 0.253. The van der Waals surface area contributed by atoms with E-state index in [-0.39, 0.29) is 12.1 Å². The van der Waals surface area contributed by atoms with Crippen LogP contribution in [0.1, 0.15) is 12.6 Å². The Kier molecular flexibility index (Phi) is 6.46. The molecule has 2 aromatic carbocycles. The van der Waals surface area contributed by atoms with Gasteiger partial charge in [0.15, 0.2) is 11.5 Å². The van der Waals surface area contributed by atoms with Crippen molar-refractivity contribution in [2.75, 3.05) is 19.5 Å². The second kappa shape index (κ2) is 9.21. The van der Waals surface area contributed by atoms with Crippen LogP contribution in [-0.2, 0) is 17.8 Å². The molecule has 0 bridgehead atoms. The number of carbonyl (C=O) groups is 1. The molecule has 1 heterocycles. The summed E-state index contributed by atoms with van der Waals surface area (Å²) in [6, 6.07) is 12.0. The summed E-state index contributed by atoms with van der Waals surface area (Å²) in [7, 11) is 3.02. The third-order valence-electron chi connectivity index (χ3n) is 4.49. The monoisotopic (exact) mass is 411 g/mol. The number of ether oxygens (including phenoxy) is 2. The normalized spacial score (nSPS) is 10.5. The van der Waals surface area contributed by atoms with Gasteiger partial charge in [-0.05, 0) is 42.8 Å². The highest BCUT2D eigenvalue weighted by Gasteiger charge is 2.15. The fourth-order valence-corrected chi connectivity index (χ4v) is 2.96. The highest BCUT2D eigenvalue weighted by molar-refractivity contribution is 5.91. The number of methoxy groups -OCH3 is 2. The van der Waals surface area contributed by atoms with Crippen LogP contribution in [0, 0.1) is 5.82 Å². The minimum atomic E-state index is -0.418. The number of hydrogen-bond donors (Lipinski definition) is 1. The van der Waals surface area contributed by atoms with Gasteiger partial charge in [0.2, 0.25) is 5.91 Å². The molecular weight excluding hydrogens is 389 g/mol. The van der Waals surface area contributed by atoms with Crippen LogP contribution in [0.4, 0.5) is 10.1 Å². The van der Waals surface area contributed by atoms with Crippen molar-refractivity contribution in [3.8, 4) is 22.9 Å². The largest absolute Gasteiger partial charge is 0.493 e. The van der Waals surface area contributed by atoms with E-state index in [0.29, 0.717) is 40.7 Å². The molecule has 0 aliphatic rings. The summed E-state index contributed by atoms with van der Waals surface area (Å²) in [4.78, 5) is 29.8. The van der Waals surface area contributed by atoms with E-state index in [1.165, 1.54) is 49.1 Å². The third kappa shape index (κ3) is 4.65. The Bertz CT molecular complexity index is 1110. The Morgan fingerprint density at radius 2 is 1.77 bits per heavy atom. The number of rotatable bonds is 7. The minimum Gasteiger partial charge on any atom is -0.493 e. The van der Waals surface area contributed by atoms with Crippen molar-refractivity contribution in [2.24, 2.45) is 0 Å². The molecule has 0 radical (unpaired) electrons. The molecule has 3 aromatic rings. The van der Waals surface area contributed by atoms with Gasteiger partial charge in [0, 0.05) is 29.1 Å². The molecule has 8 heteroatoms. The van der Waals surface area contributed by atoms with E-state index in [0.717, 1.165) is 0 Å². The fraction of sp³-hybridized carbons (Fsp3) is 0.227. The number of halogens is 1. The number of aryl methyl sites for hydroxylation is 1. The van der Waals surface area contributed by atoms with Gasteiger partial charge in [0.25, 0.3) is 5.56 Å². The van der Waals surface area contributed by atoms with Crippen LogP contribution in [0.3, 0.4) is 0 Å². The molecule has 0 spiro atoms. The first-order valence-corrected chi connectivity index (χ1v) is 9.33.